The van der Waals surface area contributed by atoms with Crippen molar-refractivity contribution in [1.29, 1.82) is 0 Å². The molecule has 0 spiro atoms. The summed E-state index contributed by atoms with van der Waals surface area (Å²) < 4.78 is 7.30. The maximum atomic E-state index is 7.30. The Morgan fingerprint density at radius 1 is 0.513 bits per heavy atom. The Morgan fingerprint density at radius 2 is 1.14 bits per heavy atom. The first-order valence-corrected chi connectivity index (χ1v) is 28.0. The summed E-state index contributed by atoms with van der Waals surface area (Å²) in [4.78, 5) is 5.34. The van der Waals surface area contributed by atoms with Gasteiger partial charge in [-0.2, -0.15) is 0 Å². The lowest BCUT2D eigenvalue weighted by molar-refractivity contribution is 0.264. The number of nitrogens with zero attached hydrogens (tertiary/aromatic N) is 2. The number of rotatable bonds is 3. The molecule has 0 bridgehead atoms. The molecule has 0 saturated carbocycles. The molecule has 0 radical (unpaired) electrons. The standard InChI is InChI=1S/C72H65BN2O/c1-68(2)31-32-69(3,4)57-37-48(23-18-26-56(57)68)74-62-42-64-52(51-39-58-59(41-63(51)76-64)71(7,8)34-33-70(58,5)6)40-60(62)73-66-54(38-53-49-24-16-17-25-55(49)72(9,10)65(53)67(66)74)50-35-45-21-14-15-22-46(45)36-61(50)75(73)47-29-27-44(28-30-47)43-19-12-11-13-20-43/h11-17,19-22,24-25,27-30,35-42H,26,31-34H2,1-10H3. The van der Waals surface area contributed by atoms with Gasteiger partial charge in [0.05, 0.1) is 5.70 Å². The van der Waals surface area contributed by atoms with E-state index in [0.29, 0.717) is 0 Å². The Bertz CT molecular complexity index is 4180. The second-order valence-electron chi connectivity index (χ2n) is 26.4. The smallest absolute Gasteiger partial charge is 0.333 e. The maximum Gasteiger partial charge on any atom is 0.333 e. The highest BCUT2D eigenvalue weighted by Gasteiger charge is 2.51. The zero-order chi connectivity index (χ0) is 52.0. The summed E-state index contributed by atoms with van der Waals surface area (Å²) in [6, 6.07) is 55.7. The molecule has 76 heavy (non-hydrogen) atoms. The minimum Gasteiger partial charge on any atom is -0.456 e. The molecule has 4 heteroatoms. The summed E-state index contributed by atoms with van der Waals surface area (Å²) in [5.74, 6) is 7.81. The van der Waals surface area contributed by atoms with E-state index in [1.807, 2.05) is 0 Å². The van der Waals surface area contributed by atoms with Crippen LogP contribution in [0.2, 0.25) is 0 Å². The summed E-state index contributed by atoms with van der Waals surface area (Å²) in [5, 5.41) is 4.83. The quantitative estimate of drug-likeness (QED) is 0.130. The minimum absolute atomic E-state index is 0.0232. The van der Waals surface area contributed by atoms with E-state index >= 15 is 0 Å². The fraction of sp³-hybridized carbons (Fsp3) is 0.278. The Hall–Kier alpha value is -7.48. The van der Waals surface area contributed by atoms with E-state index in [4.69, 9.17) is 4.42 Å². The lowest BCUT2D eigenvalue weighted by atomic mass is 9.42. The van der Waals surface area contributed by atoms with E-state index < -0.39 is 0 Å². The van der Waals surface area contributed by atoms with E-state index in [1.54, 1.807) is 0 Å². The molecule has 372 valence electrons. The molecule has 0 atom stereocenters. The van der Waals surface area contributed by atoms with Crippen molar-refractivity contribution in [2.24, 2.45) is 10.8 Å². The zero-order valence-electron chi connectivity index (χ0n) is 45.8. The van der Waals surface area contributed by atoms with Gasteiger partial charge in [-0.15, -0.1) is 0 Å². The van der Waals surface area contributed by atoms with Gasteiger partial charge in [0.2, 0.25) is 0 Å². The molecule has 0 unspecified atom stereocenters. The zero-order valence-corrected chi connectivity index (χ0v) is 45.8. The lowest BCUT2D eigenvalue weighted by Crippen LogP contribution is -2.62. The monoisotopic (exact) mass is 985 g/mol. The third-order valence-corrected chi connectivity index (χ3v) is 19.7. The van der Waals surface area contributed by atoms with Crippen LogP contribution < -0.4 is 20.6 Å². The molecule has 1 aromatic heterocycles. The van der Waals surface area contributed by atoms with Crippen LogP contribution in [0.3, 0.4) is 0 Å². The number of benzene rings is 8. The normalized spacial score (nSPS) is 19.4. The SMILES string of the molecule is CC1(C)CCC(C)(C)C2=C1C=C(N1c3cc4oc5cc6c(cc5c4cc3B3c4c(cc5c(c41)C(C)(C)c1ccccc1-5)-c1cc4ccccc4cc1N3c1ccc(-c3ccccc3)cc1)C(C)(C)CCC6(C)C)C#CC2. The predicted molar refractivity (Wildman–Crippen MR) is 321 cm³/mol. The molecular weight excluding hydrogens is 920 g/mol. The highest BCUT2D eigenvalue weighted by molar-refractivity contribution is 6.94. The summed E-state index contributed by atoms with van der Waals surface area (Å²) in [5.41, 5.74) is 26.1. The second kappa shape index (κ2) is 15.4. The molecule has 3 nitrogen and oxygen atoms in total. The van der Waals surface area contributed by atoms with E-state index in [1.165, 1.54) is 111 Å². The van der Waals surface area contributed by atoms with Crippen LogP contribution in [0.25, 0.3) is 66.1 Å². The Kier molecular flexibility index (Phi) is 9.27. The van der Waals surface area contributed by atoms with Gasteiger partial charge in [-0.05, 0) is 185 Å². The largest absolute Gasteiger partial charge is 0.456 e. The van der Waals surface area contributed by atoms with Gasteiger partial charge in [0.1, 0.15) is 11.2 Å². The molecule has 6 aliphatic rings. The van der Waals surface area contributed by atoms with E-state index in [-0.39, 0.29) is 33.9 Å². The molecule has 0 amide bonds. The molecule has 0 fully saturated rings. The van der Waals surface area contributed by atoms with Gasteiger partial charge in [0.15, 0.2) is 0 Å². The topological polar surface area (TPSA) is 19.6 Å². The summed E-state index contributed by atoms with van der Waals surface area (Å²) in [7, 11) is 0. The Labute approximate surface area is 449 Å². The molecule has 9 aromatic rings. The second-order valence-corrected chi connectivity index (χ2v) is 26.4. The van der Waals surface area contributed by atoms with Gasteiger partial charge in [-0.1, -0.05) is 172 Å². The third-order valence-electron chi connectivity index (χ3n) is 19.7. The minimum atomic E-state index is -0.334. The van der Waals surface area contributed by atoms with Gasteiger partial charge < -0.3 is 14.1 Å². The molecule has 0 saturated heterocycles. The van der Waals surface area contributed by atoms with Crippen LogP contribution >= 0.6 is 0 Å². The first-order chi connectivity index (χ1) is 36.4. The van der Waals surface area contributed by atoms with Crippen LogP contribution in [-0.4, -0.2) is 6.85 Å². The fourth-order valence-electron chi connectivity index (χ4n) is 15.1. The van der Waals surface area contributed by atoms with Crippen molar-refractivity contribution in [3.05, 3.63) is 191 Å². The Morgan fingerprint density at radius 3 is 1.91 bits per heavy atom. The molecule has 8 aromatic carbocycles. The lowest BCUT2D eigenvalue weighted by Gasteiger charge is -2.47. The highest BCUT2D eigenvalue weighted by atomic mass is 16.3. The van der Waals surface area contributed by atoms with E-state index in [9.17, 15) is 0 Å². The highest BCUT2D eigenvalue weighted by Crippen LogP contribution is 2.59. The van der Waals surface area contributed by atoms with Crippen LogP contribution in [0.5, 0.6) is 0 Å². The molecule has 4 aliphatic carbocycles. The molecule has 2 aliphatic heterocycles. The summed E-state index contributed by atoms with van der Waals surface area (Å²) in [6.45, 7) is 24.2. The van der Waals surface area contributed by atoms with E-state index in [0.717, 1.165) is 60.3 Å². The summed E-state index contributed by atoms with van der Waals surface area (Å²) in [6.07, 6.45) is 7.88. The number of hydrogen-bond acceptors (Lipinski definition) is 3. The van der Waals surface area contributed by atoms with Gasteiger partial charge in [0, 0.05) is 57.0 Å². The number of fused-ring (bicyclic) bond motifs is 13. The average molecular weight is 985 g/mol. The molecular formula is C72H65BN2O. The van der Waals surface area contributed by atoms with Crippen molar-refractivity contribution in [1.82, 2.24) is 0 Å². The Balaban J connectivity index is 1.11. The van der Waals surface area contributed by atoms with Crippen molar-refractivity contribution in [3.63, 3.8) is 0 Å². The molecule has 15 rings (SSSR count). The van der Waals surface area contributed by atoms with Crippen molar-refractivity contribution >= 4 is 73.2 Å². The number of furan rings is 1. The van der Waals surface area contributed by atoms with Crippen molar-refractivity contribution < 1.29 is 4.42 Å². The van der Waals surface area contributed by atoms with Gasteiger partial charge in [-0.25, -0.2) is 0 Å². The first kappa shape index (κ1) is 45.9. The number of allylic oxidation sites excluding steroid dienone is 4. The third kappa shape index (κ3) is 6.32. The fourth-order valence-corrected chi connectivity index (χ4v) is 15.1. The summed E-state index contributed by atoms with van der Waals surface area (Å²) >= 11 is 0. The number of hydrogen-bond donors (Lipinski definition) is 0. The van der Waals surface area contributed by atoms with Gasteiger partial charge >= 0.3 is 6.85 Å². The van der Waals surface area contributed by atoms with Crippen molar-refractivity contribution in [2.75, 3.05) is 9.71 Å². The van der Waals surface area contributed by atoms with Crippen LogP contribution in [0.4, 0.5) is 22.7 Å². The van der Waals surface area contributed by atoms with Crippen LogP contribution in [-0.2, 0) is 16.2 Å². The maximum absolute atomic E-state index is 7.30. The predicted octanol–water partition coefficient (Wildman–Crippen LogP) is 17.9. The first-order valence-electron chi connectivity index (χ1n) is 28.0. The number of anilines is 4. The van der Waals surface area contributed by atoms with E-state index in [2.05, 4.69) is 242 Å². The molecule has 0 N–H and O–H groups in total. The van der Waals surface area contributed by atoms with Crippen molar-refractivity contribution in [2.45, 2.75) is 118 Å². The van der Waals surface area contributed by atoms with Crippen LogP contribution in [0, 0.1) is 22.7 Å². The van der Waals surface area contributed by atoms with Crippen molar-refractivity contribution in [3.8, 4) is 45.2 Å². The molecule has 3 heterocycles. The average Bonchev–Trinajstić information content (AvgIpc) is 3.83. The van der Waals surface area contributed by atoms with Gasteiger partial charge in [-0.3, -0.25) is 0 Å². The van der Waals surface area contributed by atoms with Crippen LogP contribution in [0.15, 0.2) is 173 Å². The van der Waals surface area contributed by atoms with Gasteiger partial charge in [0.25, 0.3) is 0 Å². The van der Waals surface area contributed by atoms with Crippen LogP contribution in [0.1, 0.15) is 124 Å².